The van der Waals surface area contributed by atoms with E-state index in [0.717, 1.165) is 6.07 Å². The molecule has 3 heterocycles. The lowest BCUT2D eigenvalue weighted by Crippen LogP contribution is -2.08. The molecule has 0 radical (unpaired) electrons. The molecule has 0 saturated carbocycles. The van der Waals surface area contributed by atoms with Crippen LogP contribution in [0.5, 0.6) is 11.6 Å². The summed E-state index contributed by atoms with van der Waals surface area (Å²) in [5.41, 5.74) is 0.0187. The topological polar surface area (TPSA) is 47.9 Å². The molecule has 0 aliphatic rings. The van der Waals surface area contributed by atoms with Crippen LogP contribution < -0.4 is 4.74 Å². The highest BCUT2D eigenvalue weighted by Crippen LogP contribution is 2.34. The molecule has 0 atom stereocenters. The maximum Gasteiger partial charge on any atom is 0.433 e. The average Bonchev–Trinajstić information content (AvgIpc) is 2.69. The van der Waals surface area contributed by atoms with E-state index >= 15 is 0 Å². The van der Waals surface area contributed by atoms with Gasteiger partial charge in [-0.25, -0.2) is 19.3 Å². The van der Waals surface area contributed by atoms with Gasteiger partial charge in [0, 0.05) is 23.8 Å². The molecule has 4 aromatic rings. The summed E-state index contributed by atoms with van der Waals surface area (Å²) in [5, 5.41) is 0.408. The van der Waals surface area contributed by atoms with Gasteiger partial charge in [-0.3, -0.25) is 0 Å². The summed E-state index contributed by atoms with van der Waals surface area (Å²) in [4.78, 5) is 11.5. The number of pyridine rings is 3. The van der Waals surface area contributed by atoms with E-state index in [9.17, 15) is 17.6 Å². The number of aromatic nitrogens is 3. The summed E-state index contributed by atoms with van der Waals surface area (Å²) in [5.74, 6) is -0.430. The van der Waals surface area contributed by atoms with Gasteiger partial charge in [0.15, 0.2) is 17.2 Å². The third-order valence-electron chi connectivity index (χ3n) is 3.99. The number of nitrogens with zero attached hydrogens (tertiary/aromatic N) is 3. The van der Waals surface area contributed by atoms with Gasteiger partial charge < -0.3 is 4.74 Å². The monoisotopic (exact) mass is 385 g/mol. The molecular weight excluding hydrogens is 374 g/mol. The Bertz CT molecular complexity index is 1150. The third-order valence-corrected chi connectivity index (χ3v) is 3.99. The molecule has 3 aromatic heterocycles. The van der Waals surface area contributed by atoms with Gasteiger partial charge in [-0.05, 0) is 47.5 Å². The van der Waals surface area contributed by atoms with E-state index in [1.165, 1.54) is 36.7 Å². The fraction of sp³-hybridized carbons (Fsp3) is 0.0500. The van der Waals surface area contributed by atoms with Crippen LogP contribution in [0.15, 0.2) is 67.0 Å². The molecule has 0 N–H and O–H groups in total. The van der Waals surface area contributed by atoms with E-state index in [1.54, 1.807) is 24.3 Å². The second-order valence-electron chi connectivity index (χ2n) is 5.84. The molecule has 4 nitrogen and oxygen atoms in total. The van der Waals surface area contributed by atoms with Crippen molar-refractivity contribution in [3.63, 3.8) is 0 Å². The number of fused-ring (bicyclic) bond motifs is 1. The summed E-state index contributed by atoms with van der Waals surface area (Å²) in [6, 6.07) is 13.0. The Morgan fingerprint density at radius 3 is 2.46 bits per heavy atom. The Kier molecular flexibility index (Phi) is 4.38. The van der Waals surface area contributed by atoms with E-state index in [4.69, 9.17) is 4.74 Å². The zero-order valence-electron chi connectivity index (χ0n) is 14.1. The van der Waals surface area contributed by atoms with Crippen LogP contribution in [-0.2, 0) is 6.18 Å². The number of alkyl halides is 3. The van der Waals surface area contributed by atoms with E-state index in [2.05, 4.69) is 15.0 Å². The van der Waals surface area contributed by atoms with Gasteiger partial charge in [0.1, 0.15) is 5.69 Å². The third kappa shape index (κ3) is 3.48. The molecule has 0 fully saturated rings. The van der Waals surface area contributed by atoms with Gasteiger partial charge in [0.2, 0.25) is 5.88 Å². The highest BCUT2D eigenvalue weighted by atomic mass is 19.4. The van der Waals surface area contributed by atoms with Crippen LogP contribution in [0.25, 0.3) is 22.2 Å². The fourth-order valence-corrected chi connectivity index (χ4v) is 2.71. The number of rotatable bonds is 3. The molecular formula is C20H11F4N3O. The average molecular weight is 385 g/mol. The Labute approximate surface area is 156 Å². The van der Waals surface area contributed by atoms with Crippen molar-refractivity contribution in [2.24, 2.45) is 0 Å². The number of ether oxygens (including phenoxy) is 1. The van der Waals surface area contributed by atoms with Gasteiger partial charge in [0.05, 0.1) is 0 Å². The zero-order chi connectivity index (χ0) is 19.7. The molecule has 0 spiro atoms. The fourth-order valence-electron chi connectivity index (χ4n) is 2.71. The highest BCUT2D eigenvalue weighted by Gasteiger charge is 2.32. The maximum absolute atomic E-state index is 14.2. The minimum atomic E-state index is -4.56. The van der Waals surface area contributed by atoms with Crippen LogP contribution in [0.1, 0.15) is 5.69 Å². The van der Waals surface area contributed by atoms with E-state index < -0.39 is 17.7 Å². The summed E-state index contributed by atoms with van der Waals surface area (Å²) in [6.07, 6.45) is -1.70. The Morgan fingerprint density at radius 1 is 0.857 bits per heavy atom. The molecule has 0 unspecified atom stereocenters. The predicted molar refractivity (Wildman–Crippen MR) is 94.2 cm³/mol. The number of benzene rings is 1. The van der Waals surface area contributed by atoms with E-state index in [0.29, 0.717) is 16.5 Å². The molecule has 8 heteroatoms. The summed E-state index contributed by atoms with van der Waals surface area (Å²) in [7, 11) is 0. The van der Waals surface area contributed by atoms with Crippen molar-refractivity contribution < 1.29 is 22.3 Å². The first-order valence-electron chi connectivity index (χ1n) is 8.13. The van der Waals surface area contributed by atoms with Crippen LogP contribution in [0.2, 0.25) is 0 Å². The predicted octanol–water partition coefficient (Wildman–Crippen LogP) is 5.64. The first-order chi connectivity index (χ1) is 13.4. The lowest BCUT2D eigenvalue weighted by Gasteiger charge is -2.11. The van der Waals surface area contributed by atoms with Gasteiger partial charge in [-0.1, -0.05) is 12.1 Å². The molecule has 0 aliphatic carbocycles. The first kappa shape index (κ1) is 17.8. The van der Waals surface area contributed by atoms with Crippen molar-refractivity contribution in [2.75, 3.05) is 0 Å². The summed E-state index contributed by atoms with van der Waals surface area (Å²) >= 11 is 0. The molecule has 4 rings (SSSR count). The first-order valence-corrected chi connectivity index (χ1v) is 8.13. The Balaban J connectivity index is 1.79. The Hall–Kier alpha value is -3.55. The maximum atomic E-state index is 14.2. The smallest absolute Gasteiger partial charge is 0.433 e. The molecule has 1 aromatic carbocycles. The number of hydrogen-bond acceptors (Lipinski definition) is 4. The van der Waals surface area contributed by atoms with Crippen molar-refractivity contribution in [2.45, 2.75) is 6.18 Å². The van der Waals surface area contributed by atoms with Crippen LogP contribution >= 0.6 is 0 Å². The second kappa shape index (κ2) is 6.88. The summed E-state index contributed by atoms with van der Waals surface area (Å²) < 4.78 is 58.3. The highest BCUT2D eigenvalue weighted by molar-refractivity contribution is 5.92. The molecule has 28 heavy (non-hydrogen) atoms. The van der Waals surface area contributed by atoms with Crippen molar-refractivity contribution in [3.05, 3.63) is 78.5 Å². The van der Waals surface area contributed by atoms with Crippen LogP contribution in [0, 0.1) is 5.82 Å². The van der Waals surface area contributed by atoms with Crippen molar-refractivity contribution in [1.82, 2.24) is 15.0 Å². The largest absolute Gasteiger partial charge is 0.436 e. The SMILES string of the molecule is Fc1ccc(-c2ccnc3nc(C(F)(F)F)ccc23)cc1Oc1ccccn1. The lowest BCUT2D eigenvalue weighted by molar-refractivity contribution is -0.141. The molecule has 0 saturated heterocycles. The summed E-state index contributed by atoms with van der Waals surface area (Å²) in [6.45, 7) is 0. The van der Waals surface area contributed by atoms with E-state index in [1.807, 2.05) is 0 Å². The number of halogens is 4. The van der Waals surface area contributed by atoms with E-state index in [-0.39, 0.29) is 17.3 Å². The standard InChI is InChI=1S/C20H11F4N3O/c21-15-6-4-12(11-16(15)28-18-3-1-2-9-25-18)13-8-10-26-19-14(13)5-7-17(27-19)20(22,23)24/h1-11H. The number of hydrogen-bond donors (Lipinski definition) is 0. The zero-order valence-corrected chi connectivity index (χ0v) is 14.1. The van der Waals surface area contributed by atoms with Gasteiger partial charge in [-0.15, -0.1) is 0 Å². The molecule has 0 amide bonds. The quantitative estimate of drug-likeness (QED) is 0.428. The van der Waals surface area contributed by atoms with Gasteiger partial charge in [0.25, 0.3) is 0 Å². The minimum absolute atomic E-state index is 0.0520. The van der Waals surface area contributed by atoms with Crippen LogP contribution in [0.3, 0.4) is 0 Å². The van der Waals surface area contributed by atoms with Gasteiger partial charge >= 0.3 is 6.18 Å². The van der Waals surface area contributed by atoms with Crippen LogP contribution in [-0.4, -0.2) is 15.0 Å². The second-order valence-corrected chi connectivity index (χ2v) is 5.84. The van der Waals surface area contributed by atoms with Crippen molar-refractivity contribution >= 4 is 11.0 Å². The van der Waals surface area contributed by atoms with Crippen molar-refractivity contribution in [1.29, 1.82) is 0 Å². The molecule has 0 aliphatic heterocycles. The lowest BCUT2D eigenvalue weighted by atomic mass is 10.0. The normalized spacial score (nSPS) is 11.6. The molecule has 140 valence electrons. The minimum Gasteiger partial charge on any atom is -0.436 e. The van der Waals surface area contributed by atoms with Crippen molar-refractivity contribution in [3.8, 4) is 22.8 Å². The Morgan fingerprint density at radius 2 is 1.71 bits per heavy atom. The molecule has 0 bridgehead atoms. The van der Waals surface area contributed by atoms with Gasteiger partial charge in [-0.2, -0.15) is 13.2 Å². The van der Waals surface area contributed by atoms with Crippen LogP contribution in [0.4, 0.5) is 17.6 Å².